The molecule has 1 aliphatic rings. The zero-order valence-corrected chi connectivity index (χ0v) is 13.6. The lowest BCUT2D eigenvalue weighted by atomic mass is 10.1. The predicted molar refractivity (Wildman–Crippen MR) is 88.4 cm³/mol. The summed E-state index contributed by atoms with van der Waals surface area (Å²) in [7, 11) is -3.63. The molecule has 0 aliphatic heterocycles. The van der Waals surface area contributed by atoms with Crippen LogP contribution < -0.4 is 4.72 Å². The van der Waals surface area contributed by atoms with Crippen LogP contribution in [0.25, 0.3) is 5.69 Å². The van der Waals surface area contributed by atoms with Crippen LogP contribution in [0, 0.1) is 0 Å². The van der Waals surface area contributed by atoms with Gasteiger partial charge in [-0.2, -0.15) is 0 Å². The van der Waals surface area contributed by atoms with E-state index in [9.17, 15) is 8.42 Å². The quantitative estimate of drug-likeness (QED) is 0.783. The Bertz CT molecular complexity index is 966. The van der Waals surface area contributed by atoms with Gasteiger partial charge in [0.2, 0.25) is 0 Å². The lowest BCUT2D eigenvalue weighted by Gasteiger charge is -2.10. The molecule has 0 spiro atoms. The van der Waals surface area contributed by atoms with Crippen LogP contribution in [0.15, 0.2) is 53.7 Å². The van der Waals surface area contributed by atoms with Crippen LogP contribution in [-0.4, -0.2) is 28.6 Å². The number of tetrazole rings is 1. The first kappa shape index (κ1) is 14.8. The summed E-state index contributed by atoms with van der Waals surface area (Å²) in [5.41, 5.74) is 3.82. The number of fused-ring (bicyclic) bond motifs is 1. The monoisotopic (exact) mass is 341 g/mol. The first-order chi connectivity index (χ1) is 11.6. The minimum absolute atomic E-state index is 0.194. The van der Waals surface area contributed by atoms with Crippen molar-refractivity contribution in [3.8, 4) is 5.69 Å². The van der Waals surface area contributed by atoms with Crippen molar-refractivity contribution in [2.24, 2.45) is 0 Å². The van der Waals surface area contributed by atoms with Gasteiger partial charge >= 0.3 is 0 Å². The standard InChI is InChI=1S/C16H15N5O2S/c22-24(23,18-14-5-4-12-2-1-3-13(12)10-14)16-8-6-15(7-9-16)21-11-17-19-20-21/h4-11,18H,1-3H2. The third kappa shape index (κ3) is 2.76. The molecule has 3 aromatic rings. The van der Waals surface area contributed by atoms with Crippen LogP contribution in [-0.2, 0) is 22.9 Å². The van der Waals surface area contributed by atoms with Gasteiger partial charge in [-0.15, -0.1) is 5.10 Å². The van der Waals surface area contributed by atoms with Crippen molar-refractivity contribution < 1.29 is 8.42 Å². The number of anilines is 1. The third-order valence-electron chi connectivity index (χ3n) is 4.11. The van der Waals surface area contributed by atoms with Gasteiger partial charge in [-0.05, 0) is 77.2 Å². The van der Waals surface area contributed by atoms with Gasteiger partial charge in [-0.1, -0.05) is 6.07 Å². The van der Waals surface area contributed by atoms with Gasteiger partial charge in [0.25, 0.3) is 10.0 Å². The number of aromatic nitrogens is 4. The number of nitrogens with zero attached hydrogens (tertiary/aromatic N) is 4. The van der Waals surface area contributed by atoms with Crippen molar-refractivity contribution in [1.29, 1.82) is 0 Å². The molecule has 122 valence electrons. The number of nitrogens with one attached hydrogen (secondary N) is 1. The van der Waals surface area contributed by atoms with E-state index in [0.29, 0.717) is 11.4 Å². The van der Waals surface area contributed by atoms with E-state index in [0.717, 1.165) is 19.3 Å². The number of aryl methyl sites for hydroxylation is 2. The maximum absolute atomic E-state index is 12.5. The van der Waals surface area contributed by atoms with E-state index in [1.807, 2.05) is 18.2 Å². The smallest absolute Gasteiger partial charge is 0.261 e. The van der Waals surface area contributed by atoms with Crippen molar-refractivity contribution >= 4 is 15.7 Å². The summed E-state index contributed by atoms with van der Waals surface area (Å²) < 4.78 is 29.2. The molecular formula is C16H15N5O2S. The van der Waals surface area contributed by atoms with Crippen molar-refractivity contribution in [2.75, 3.05) is 4.72 Å². The van der Waals surface area contributed by atoms with Crippen LogP contribution in [0.2, 0.25) is 0 Å². The average Bonchev–Trinajstić information content (AvgIpc) is 3.26. The van der Waals surface area contributed by atoms with E-state index in [1.165, 1.54) is 34.3 Å². The normalized spacial score (nSPS) is 13.7. The molecule has 2 aromatic carbocycles. The minimum Gasteiger partial charge on any atom is -0.280 e. The van der Waals surface area contributed by atoms with Crippen molar-refractivity contribution in [3.05, 3.63) is 59.9 Å². The summed E-state index contributed by atoms with van der Waals surface area (Å²) in [6, 6.07) is 12.1. The third-order valence-corrected chi connectivity index (χ3v) is 5.51. The second-order valence-corrected chi connectivity index (χ2v) is 7.37. The zero-order valence-electron chi connectivity index (χ0n) is 12.8. The van der Waals surface area contributed by atoms with Crippen molar-refractivity contribution in [2.45, 2.75) is 24.2 Å². The summed E-state index contributed by atoms with van der Waals surface area (Å²) in [6.07, 6.45) is 4.66. The number of hydrogen-bond donors (Lipinski definition) is 1. The Hall–Kier alpha value is -2.74. The Kier molecular flexibility index (Phi) is 3.53. The molecular weight excluding hydrogens is 326 g/mol. The first-order valence-corrected chi connectivity index (χ1v) is 9.08. The van der Waals surface area contributed by atoms with Crippen molar-refractivity contribution in [3.63, 3.8) is 0 Å². The highest BCUT2D eigenvalue weighted by Gasteiger charge is 2.16. The Morgan fingerprint density at radius 3 is 2.54 bits per heavy atom. The zero-order chi connectivity index (χ0) is 16.6. The van der Waals surface area contributed by atoms with Gasteiger partial charge < -0.3 is 0 Å². The molecule has 24 heavy (non-hydrogen) atoms. The largest absolute Gasteiger partial charge is 0.280 e. The number of hydrogen-bond acceptors (Lipinski definition) is 5. The van der Waals surface area contributed by atoms with E-state index in [1.54, 1.807) is 12.1 Å². The Morgan fingerprint density at radius 2 is 1.79 bits per heavy atom. The highest BCUT2D eigenvalue weighted by Crippen LogP contribution is 2.26. The number of rotatable bonds is 4. The second-order valence-electron chi connectivity index (χ2n) is 5.69. The molecule has 0 radical (unpaired) electrons. The Labute approximate surface area is 139 Å². The highest BCUT2D eigenvalue weighted by atomic mass is 32.2. The van der Waals surface area contributed by atoms with E-state index in [2.05, 4.69) is 20.2 Å². The molecule has 8 heteroatoms. The van der Waals surface area contributed by atoms with Crippen LogP contribution >= 0.6 is 0 Å². The molecule has 0 atom stereocenters. The summed E-state index contributed by atoms with van der Waals surface area (Å²) in [6.45, 7) is 0. The fourth-order valence-electron chi connectivity index (χ4n) is 2.91. The molecule has 7 nitrogen and oxygen atoms in total. The summed E-state index contributed by atoms with van der Waals surface area (Å²) in [4.78, 5) is 0.194. The molecule has 1 aromatic heterocycles. The molecule has 0 saturated carbocycles. The summed E-state index contributed by atoms with van der Waals surface area (Å²) in [5.74, 6) is 0. The molecule has 0 saturated heterocycles. The molecule has 0 unspecified atom stereocenters. The van der Waals surface area contributed by atoms with E-state index in [-0.39, 0.29) is 4.90 Å². The van der Waals surface area contributed by atoms with Gasteiger partial charge in [-0.3, -0.25) is 4.72 Å². The van der Waals surface area contributed by atoms with Gasteiger partial charge in [0.05, 0.1) is 10.6 Å². The van der Waals surface area contributed by atoms with E-state index in [4.69, 9.17) is 0 Å². The maximum atomic E-state index is 12.5. The minimum atomic E-state index is -3.63. The van der Waals surface area contributed by atoms with Crippen molar-refractivity contribution in [1.82, 2.24) is 20.2 Å². The predicted octanol–water partition coefficient (Wildman–Crippen LogP) is 1.95. The van der Waals surface area contributed by atoms with E-state index >= 15 is 0 Å². The average molecular weight is 341 g/mol. The Morgan fingerprint density at radius 1 is 1.00 bits per heavy atom. The molecule has 1 N–H and O–H groups in total. The number of sulfonamides is 1. The molecule has 1 aliphatic carbocycles. The molecule has 0 fully saturated rings. The van der Waals surface area contributed by atoms with Crippen LogP contribution in [0.5, 0.6) is 0 Å². The van der Waals surface area contributed by atoms with Crippen LogP contribution in [0.4, 0.5) is 5.69 Å². The van der Waals surface area contributed by atoms with E-state index < -0.39 is 10.0 Å². The molecule has 0 bridgehead atoms. The number of benzene rings is 2. The molecule has 0 amide bonds. The Balaban J connectivity index is 1.58. The fourth-order valence-corrected chi connectivity index (χ4v) is 3.96. The lowest BCUT2D eigenvalue weighted by molar-refractivity contribution is 0.601. The molecule has 4 rings (SSSR count). The maximum Gasteiger partial charge on any atom is 0.261 e. The van der Waals surface area contributed by atoms with Crippen LogP contribution in [0.3, 0.4) is 0 Å². The summed E-state index contributed by atoms with van der Waals surface area (Å²) >= 11 is 0. The lowest BCUT2D eigenvalue weighted by Crippen LogP contribution is -2.13. The molecule has 1 heterocycles. The second kappa shape index (κ2) is 5.72. The fraction of sp³-hybridized carbons (Fsp3) is 0.188. The van der Waals surface area contributed by atoms with Gasteiger partial charge in [0, 0.05) is 5.69 Å². The highest BCUT2D eigenvalue weighted by molar-refractivity contribution is 7.92. The van der Waals surface area contributed by atoms with Crippen LogP contribution in [0.1, 0.15) is 17.5 Å². The van der Waals surface area contributed by atoms with Gasteiger partial charge in [0.15, 0.2) is 0 Å². The SMILES string of the molecule is O=S(=O)(Nc1ccc2c(c1)CCC2)c1ccc(-n2cnnn2)cc1. The first-order valence-electron chi connectivity index (χ1n) is 7.60. The summed E-state index contributed by atoms with van der Waals surface area (Å²) in [5, 5.41) is 10.9. The van der Waals surface area contributed by atoms with Gasteiger partial charge in [-0.25, -0.2) is 13.1 Å². The topological polar surface area (TPSA) is 89.8 Å². The van der Waals surface area contributed by atoms with Gasteiger partial charge in [0.1, 0.15) is 6.33 Å².